The van der Waals surface area contributed by atoms with Crippen molar-refractivity contribution in [2.24, 2.45) is 0 Å². The van der Waals surface area contributed by atoms with E-state index in [1.54, 1.807) is 0 Å². The van der Waals surface area contributed by atoms with Crippen LogP contribution in [-0.4, -0.2) is 31.2 Å². The molecular formula is C13H24N2O3. The minimum Gasteiger partial charge on any atom is -0.453 e. The van der Waals surface area contributed by atoms with Gasteiger partial charge in [-0.25, -0.2) is 4.79 Å². The third-order valence-corrected chi connectivity index (χ3v) is 2.32. The molecule has 0 aliphatic heterocycles. The van der Waals surface area contributed by atoms with Gasteiger partial charge in [-0.15, -0.1) is 0 Å². The van der Waals surface area contributed by atoms with Gasteiger partial charge in [0.25, 0.3) is 0 Å². The minimum absolute atomic E-state index is 0.0533. The zero-order valence-corrected chi connectivity index (χ0v) is 11.7. The summed E-state index contributed by atoms with van der Waals surface area (Å²) in [6.07, 6.45) is 6.38. The molecule has 0 fully saturated rings. The highest BCUT2D eigenvalue weighted by molar-refractivity contribution is 5.82. The van der Waals surface area contributed by atoms with Crippen LogP contribution in [0.4, 0.5) is 4.79 Å². The smallest absolute Gasteiger partial charge is 0.407 e. The van der Waals surface area contributed by atoms with Gasteiger partial charge in [0.1, 0.15) is 6.54 Å². The molecule has 1 aliphatic rings. The molecule has 2 N–H and O–H groups in total. The van der Waals surface area contributed by atoms with Gasteiger partial charge in [0, 0.05) is 5.54 Å². The number of ether oxygens (including phenoxy) is 1. The maximum Gasteiger partial charge on any atom is 0.407 e. The van der Waals surface area contributed by atoms with E-state index in [0.717, 1.165) is 12.8 Å². The Hall–Kier alpha value is -1.52. The molecule has 5 heteroatoms. The second-order valence-corrected chi connectivity index (χ2v) is 4.54. The van der Waals surface area contributed by atoms with Crippen LogP contribution in [0.1, 0.15) is 40.0 Å². The summed E-state index contributed by atoms with van der Waals surface area (Å²) in [5.74, 6) is -0.202. The molecule has 18 heavy (non-hydrogen) atoms. The Kier molecular flexibility index (Phi) is 7.83. The standard InChI is InChI=1S/C10H16N2O3.C3H8/c1-10(5-3-4-6-10)12-8(13)7-11-9(14)15-2;1-3-2/h3-4H,5-7H2,1-2H3,(H,11,14)(H,12,13);3H2,1-2H3. The number of carbonyl (C=O) groups excluding carboxylic acids is 2. The fraction of sp³-hybridized carbons (Fsp3) is 0.692. The van der Waals surface area contributed by atoms with Gasteiger partial charge in [-0.2, -0.15) is 0 Å². The Morgan fingerprint density at radius 1 is 1.28 bits per heavy atom. The first kappa shape index (κ1) is 16.5. The maximum absolute atomic E-state index is 11.4. The summed E-state index contributed by atoms with van der Waals surface area (Å²) >= 11 is 0. The topological polar surface area (TPSA) is 67.4 Å². The van der Waals surface area contributed by atoms with Crippen molar-refractivity contribution in [2.45, 2.75) is 45.6 Å². The summed E-state index contributed by atoms with van der Waals surface area (Å²) in [5, 5.41) is 5.19. The first-order valence-corrected chi connectivity index (χ1v) is 6.25. The molecule has 0 saturated carbocycles. The van der Waals surface area contributed by atoms with Crippen molar-refractivity contribution >= 4 is 12.0 Å². The van der Waals surface area contributed by atoms with Crippen LogP contribution in [0.3, 0.4) is 0 Å². The minimum atomic E-state index is -0.597. The molecule has 0 atom stereocenters. The number of methoxy groups -OCH3 is 1. The highest BCUT2D eigenvalue weighted by Gasteiger charge is 2.26. The molecule has 0 aromatic rings. The molecule has 1 rings (SSSR count). The van der Waals surface area contributed by atoms with E-state index in [1.165, 1.54) is 13.5 Å². The van der Waals surface area contributed by atoms with Crippen LogP contribution in [0.15, 0.2) is 12.2 Å². The van der Waals surface area contributed by atoms with E-state index in [-0.39, 0.29) is 18.0 Å². The van der Waals surface area contributed by atoms with Crippen molar-refractivity contribution in [1.82, 2.24) is 10.6 Å². The lowest BCUT2D eigenvalue weighted by Crippen LogP contribution is -2.48. The number of nitrogens with one attached hydrogen (secondary N) is 2. The van der Waals surface area contributed by atoms with Crippen molar-refractivity contribution in [1.29, 1.82) is 0 Å². The van der Waals surface area contributed by atoms with Gasteiger partial charge in [-0.3, -0.25) is 4.79 Å². The van der Waals surface area contributed by atoms with Crippen molar-refractivity contribution < 1.29 is 14.3 Å². The lowest BCUT2D eigenvalue weighted by Gasteiger charge is -2.25. The van der Waals surface area contributed by atoms with Crippen molar-refractivity contribution in [3.8, 4) is 0 Å². The van der Waals surface area contributed by atoms with Crippen LogP contribution >= 0.6 is 0 Å². The lowest BCUT2D eigenvalue weighted by atomic mass is 10.00. The molecule has 0 spiro atoms. The van der Waals surface area contributed by atoms with E-state index in [1.807, 2.05) is 19.1 Å². The first-order valence-electron chi connectivity index (χ1n) is 6.25. The Labute approximate surface area is 109 Å². The molecule has 0 aromatic carbocycles. The first-order chi connectivity index (χ1) is 8.47. The zero-order chi connectivity index (χ0) is 14.0. The highest BCUT2D eigenvalue weighted by Crippen LogP contribution is 2.22. The lowest BCUT2D eigenvalue weighted by molar-refractivity contribution is -0.121. The summed E-state index contributed by atoms with van der Waals surface area (Å²) in [5.41, 5.74) is -0.200. The normalized spacial score (nSPS) is 15.3. The molecule has 104 valence electrons. The Bertz CT molecular complexity index is 293. The fourth-order valence-corrected chi connectivity index (χ4v) is 1.48. The van der Waals surface area contributed by atoms with Crippen LogP contribution in [0.2, 0.25) is 0 Å². The second kappa shape index (κ2) is 8.55. The molecule has 0 radical (unpaired) electrons. The number of rotatable bonds is 3. The Morgan fingerprint density at radius 2 is 1.78 bits per heavy atom. The number of hydrogen-bond acceptors (Lipinski definition) is 3. The number of amides is 2. The van der Waals surface area contributed by atoms with E-state index in [4.69, 9.17) is 0 Å². The average molecular weight is 256 g/mol. The molecule has 2 amide bonds. The summed E-state index contributed by atoms with van der Waals surface area (Å²) in [6.45, 7) is 6.17. The number of alkyl carbamates (subject to hydrolysis) is 1. The average Bonchev–Trinajstić information content (AvgIpc) is 2.73. The number of carbonyl (C=O) groups is 2. The molecule has 5 nitrogen and oxygen atoms in total. The zero-order valence-electron chi connectivity index (χ0n) is 11.7. The summed E-state index contributed by atoms with van der Waals surface area (Å²) in [7, 11) is 1.26. The van der Waals surface area contributed by atoms with Crippen molar-refractivity contribution in [3.63, 3.8) is 0 Å². The molecule has 0 unspecified atom stereocenters. The summed E-state index contributed by atoms with van der Waals surface area (Å²) in [6, 6.07) is 0. The van der Waals surface area contributed by atoms with Gasteiger partial charge < -0.3 is 15.4 Å². The third-order valence-electron chi connectivity index (χ3n) is 2.32. The third kappa shape index (κ3) is 6.93. The monoisotopic (exact) mass is 256 g/mol. The van der Waals surface area contributed by atoms with Gasteiger partial charge >= 0.3 is 6.09 Å². The molecule has 0 bridgehead atoms. The highest BCUT2D eigenvalue weighted by atomic mass is 16.5. The fourth-order valence-electron chi connectivity index (χ4n) is 1.48. The molecule has 0 heterocycles. The van der Waals surface area contributed by atoms with Gasteiger partial charge in [-0.05, 0) is 19.8 Å². The van der Waals surface area contributed by atoms with Crippen LogP contribution in [0, 0.1) is 0 Å². The van der Waals surface area contributed by atoms with Crippen LogP contribution in [-0.2, 0) is 9.53 Å². The maximum atomic E-state index is 11.4. The van der Waals surface area contributed by atoms with Crippen LogP contribution in [0.5, 0.6) is 0 Å². The number of hydrogen-bond donors (Lipinski definition) is 2. The molecule has 0 aromatic heterocycles. The van der Waals surface area contributed by atoms with E-state index in [2.05, 4.69) is 29.2 Å². The van der Waals surface area contributed by atoms with Gasteiger partial charge in [0.05, 0.1) is 7.11 Å². The van der Waals surface area contributed by atoms with Crippen molar-refractivity contribution in [3.05, 3.63) is 12.2 Å². The quantitative estimate of drug-likeness (QED) is 0.759. The Balaban J connectivity index is 0.000000873. The van der Waals surface area contributed by atoms with Crippen LogP contribution in [0.25, 0.3) is 0 Å². The van der Waals surface area contributed by atoms with Crippen LogP contribution < -0.4 is 10.6 Å². The predicted molar refractivity (Wildman–Crippen MR) is 71.3 cm³/mol. The van der Waals surface area contributed by atoms with E-state index in [9.17, 15) is 9.59 Å². The van der Waals surface area contributed by atoms with Crippen molar-refractivity contribution in [2.75, 3.05) is 13.7 Å². The van der Waals surface area contributed by atoms with Gasteiger partial charge in [-0.1, -0.05) is 32.4 Å². The van der Waals surface area contributed by atoms with Gasteiger partial charge in [0.2, 0.25) is 5.91 Å². The molecule has 0 saturated heterocycles. The predicted octanol–water partition coefficient (Wildman–Crippen LogP) is 1.98. The molecule has 1 aliphatic carbocycles. The summed E-state index contributed by atoms with van der Waals surface area (Å²) < 4.78 is 4.35. The summed E-state index contributed by atoms with van der Waals surface area (Å²) in [4.78, 5) is 22.1. The van der Waals surface area contributed by atoms with E-state index >= 15 is 0 Å². The van der Waals surface area contributed by atoms with E-state index < -0.39 is 6.09 Å². The second-order valence-electron chi connectivity index (χ2n) is 4.54. The Morgan fingerprint density at radius 3 is 2.22 bits per heavy atom. The van der Waals surface area contributed by atoms with Gasteiger partial charge in [0.15, 0.2) is 0 Å². The van der Waals surface area contributed by atoms with E-state index in [0.29, 0.717) is 0 Å². The SMILES string of the molecule is CCC.COC(=O)NCC(=O)NC1(C)CC=CC1. The molecular weight excluding hydrogens is 232 g/mol. The largest absolute Gasteiger partial charge is 0.453 e.